The van der Waals surface area contributed by atoms with Gasteiger partial charge >= 0.3 is 5.97 Å². The highest BCUT2D eigenvalue weighted by Crippen LogP contribution is 2.70. The highest BCUT2D eigenvalue weighted by molar-refractivity contribution is 5.82. The molecule has 0 aromatic heterocycles. The number of rotatable bonds is 10. The minimum absolute atomic E-state index is 0.0893. The molecule has 5 rings (SSSR count). The molecule has 5 nitrogen and oxygen atoms in total. The van der Waals surface area contributed by atoms with Crippen molar-refractivity contribution in [2.24, 2.45) is 11.3 Å². The van der Waals surface area contributed by atoms with Gasteiger partial charge in [-0.3, -0.25) is 4.79 Å². The lowest BCUT2D eigenvalue weighted by Gasteiger charge is -2.28. The molecule has 0 aliphatic heterocycles. The van der Waals surface area contributed by atoms with Crippen LogP contribution in [0.15, 0.2) is 36.4 Å². The lowest BCUT2D eigenvalue weighted by molar-refractivity contribution is -0.143. The van der Waals surface area contributed by atoms with Crippen LogP contribution in [0.1, 0.15) is 66.5 Å². The number of fused-ring (bicyclic) bond motifs is 4. The smallest absolute Gasteiger partial charge is 0.310 e. The number of ether oxygens (including phenoxy) is 1. The highest BCUT2D eigenvalue weighted by atomic mass is 16.5. The fourth-order valence-corrected chi connectivity index (χ4v) is 6.40. The summed E-state index contributed by atoms with van der Waals surface area (Å²) in [6, 6.07) is 13.0. The number of carboxylic acids is 1. The number of nitrogens with one attached hydrogen (secondary N) is 1. The van der Waals surface area contributed by atoms with Crippen LogP contribution in [0, 0.1) is 11.3 Å². The normalized spacial score (nSPS) is 25.5. The van der Waals surface area contributed by atoms with Crippen LogP contribution in [-0.2, 0) is 41.8 Å². The summed E-state index contributed by atoms with van der Waals surface area (Å²) >= 11 is 0. The van der Waals surface area contributed by atoms with Crippen molar-refractivity contribution >= 4 is 5.97 Å². The summed E-state index contributed by atoms with van der Waals surface area (Å²) in [4.78, 5) is 11.8. The lowest BCUT2D eigenvalue weighted by Crippen LogP contribution is -2.46. The molecule has 0 heterocycles. The number of aliphatic hydroxyl groups is 1. The van der Waals surface area contributed by atoms with Gasteiger partial charge < -0.3 is 20.3 Å². The van der Waals surface area contributed by atoms with Crippen LogP contribution in [-0.4, -0.2) is 41.0 Å². The van der Waals surface area contributed by atoms with Gasteiger partial charge in [-0.15, -0.1) is 0 Å². The van der Waals surface area contributed by atoms with Gasteiger partial charge in [-0.25, -0.2) is 0 Å². The SMILES string of the molecule is CC(C)(Cc1ccc2c(c1)CCC2)NC[C@@H](O)COCc1cccc2c1[C@@H]1[C@H](C2)[C@@]1(C)C(=O)O. The maximum Gasteiger partial charge on any atom is 0.310 e. The van der Waals surface area contributed by atoms with Gasteiger partial charge in [0.15, 0.2) is 0 Å². The van der Waals surface area contributed by atoms with E-state index in [-0.39, 0.29) is 24.0 Å². The van der Waals surface area contributed by atoms with Gasteiger partial charge in [0.1, 0.15) is 0 Å². The molecule has 0 spiro atoms. The Balaban J connectivity index is 1.11. The fourth-order valence-electron chi connectivity index (χ4n) is 6.40. The van der Waals surface area contributed by atoms with E-state index in [9.17, 15) is 15.0 Å². The first-order valence-electron chi connectivity index (χ1n) is 12.6. The van der Waals surface area contributed by atoms with Crippen molar-refractivity contribution in [3.05, 3.63) is 69.8 Å². The standard InChI is InChI=1S/C29H37NO4/c1-28(2,14-18-10-11-19-6-4-7-20(19)12-18)30-15-23(31)17-34-16-22-9-5-8-21-13-24-26(25(21)22)29(24,3)27(32)33/h5,8-12,23-24,26,30-31H,4,6-7,13-17H2,1-3H3,(H,32,33)/t23-,24+,26+,29-/m1/s1. The number of β-amino-alcohol motifs (C(OH)–C–C–N with tert-alkyl or cyclic N) is 1. The second kappa shape index (κ2) is 8.78. The first kappa shape index (κ1) is 23.5. The number of aryl methyl sites for hydroxylation is 2. The molecule has 0 saturated heterocycles. The molecule has 182 valence electrons. The van der Waals surface area contributed by atoms with Gasteiger partial charge in [-0.2, -0.15) is 0 Å². The summed E-state index contributed by atoms with van der Waals surface area (Å²) < 4.78 is 5.90. The lowest BCUT2D eigenvalue weighted by atomic mass is 9.90. The molecule has 0 radical (unpaired) electrons. The Labute approximate surface area is 202 Å². The summed E-state index contributed by atoms with van der Waals surface area (Å²) in [7, 11) is 0. The monoisotopic (exact) mass is 463 g/mol. The Hall–Kier alpha value is -2.21. The van der Waals surface area contributed by atoms with Crippen LogP contribution in [0.25, 0.3) is 0 Å². The number of hydrogen-bond donors (Lipinski definition) is 3. The molecule has 1 fully saturated rings. The van der Waals surface area contributed by atoms with Crippen LogP contribution in [0.4, 0.5) is 0 Å². The molecule has 34 heavy (non-hydrogen) atoms. The van der Waals surface area contributed by atoms with Gasteiger partial charge in [0.25, 0.3) is 0 Å². The summed E-state index contributed by atoms with van der Waals surface area (Å²) in [5.41, 5.74) is 7.05. The van der Waals surface area contributed by atoms with Crippen molar-refractivity contribution in [2.45, 2.75) is 77.0 Å². The molecular weight excluding hydrogens is 426 g/mol. The fraction of sp³-hybridized carbons (Fsp3) is 0.552. The number of aliphatic carboxylic acids is 1. The average Bonchev–Trinajstić information content (AvgIpc) is 3.15. The zero-order valence-electron chi connectivity index (χ0n) is 20.6. The van der Waals surface area contributed by atoms with Crippen LogP contribution >= 0.6 is 0 Å². The molecule has 3 aliphatic rings. The van der Waals surface area contributed by atoms with E-state index in [1.807, 2.05) is 19.1 Å². The molecule has 0 bridgehead atoms. The second-order valence-electron chi connectivity index (χ2n) is 11.4. The Kier molecular flexibility index (Phi) is 6.07. The molecule has 0 unspecified atom stereocenters. The van der Waals surface area contributed by atoms with Crippen LogP contribution in [0.5, 0.6) is 0 Å². The minimum Gasteiger partial charge on any atom is -0.481 e. The first-order chi connectivity index (χ1) is 16.2. The molecule has 2 aromatic carbocycles. The zero-order valence-corrected chi connectivity index (χ0v) is 20.6. The number of benzene rings is 2. The van der Waals surface area contributed by atoms with Crippen LogP contribution < -0.4 is 5.32 Å². The summed E-state index contributed by atoms with van der Waals surface area (Å²) in [6.07, 6.45) is 4.80. The highest BCUT2D eigenvalue weighted by Gasteiger charge is 2.70. The molecule has 4 atom stereocenters. The third-order valence-corrected chi connectivity index (χ3v) is 8.40. The third kappa shape index (κ3) is 4.30. The van der Waals surface area contributed by atoms with E-state index < -0.39 is 17.5 Å². The molecular formula is C29H37NO4. The molecule has 1 saturated carbocycles. The molecule has 0 amide bonds. The third-order valence-electron chi connectivity index (χ3n) is 8.40. The molecule has 5 heteroatoms. The molecule has 2 aromatic rings. The van der Waals surface area contributed by atoms with Crippen molar-refractivity contribution in [1.29, 1.82) is 0 Å². The van der Waals surface area contributed by atoms with Crippen molar-refractivity contribution in [3.8, 4) is 0 Å². The molecule has 3 N–H and O–H groups in total. The van der Waals surface area contributed by atoms with E-state index in [0.29, 0.717) is 13.2 Å². The van der Waals surface area contributed by atoms with E-state index in [1.54, 1.807) is 0 Å². The summed E-state index contributed by atoms with van der Waals surface area (Å²) in [5.74, 6) is -0.414. The van der Waals surface area contributed by atoms with Gasteiger partial charge in [0.2, 0.25) is 0 Å². The largest absolute Gasteiger partial charge is 0.481 e. The van der Waals surface area contributed by atoms with E-state index >= 15 is 0 Å². The topological polar surface area (TPSA) is 78.8 Å². The predicted molar refractivity (Wildman–Crippen MR) is 132 cm³/mol. The molecule has 3 aliphatic carbocycles. The Morgan fingerprint density at radius 1 is 1.21 bits per heavy atom. The first-order valence-corrected chi connectivity index (χ1v) is 12.6. The van der Waals surface area contributed by atoms with Crippen molar-refractivity contribution < 1.29 is 19.7 Å². The van der Waals surface area contributed by atoms with Gasteiger partial charge in [-0.05, 0) is 92.2 Å². The summed E-state index contributed by atoms with van der Waals surface area (Å²) in [6.45, 7) is 7.32. The summed E-state index contributed by atoms with van der Waals surface area (Å²) in [5, 5.41) is 23.7. The Bertz CT molecular complexity index is 1090. The number of hydrogen-bond acceptors (Lipinski definition) is 4. The zero-order chi connectivity index (χ0) is 24.1. The van der Waals surface area contributed by atoms with Crippen molar-refractivity contribution in [3.63, 3.8) is 0 Å². The van der Waals surface area contributed by atoms with Crippen LogP contribution in [0.2, 0.25) is 0 Å². The number of carboxylic acid groups (broad SMARTS) is 1. The average molecular weight is 464 g/mol. The number of aliphatic hydroxyl groups excluding tert-OH is 1. The van der Waals surface area contributed by atoms with Gasteiger partial charge in [-0.1, -0.05) is 36.4 Å². The van der Waals surface area contributed by atoms with E-state index in [0.717, 1.165) is 18.4 Å². The van der Waals surface area contributed by atoms with Crippen LogP contribution in [0.3, 0.4) is 0 Å². The Morgan fingerprint density at radius 3 is 2.79 bits per heavy atom. The van der Waals surface area contributed by atoms with Crippen molar-refractivity contribution in [2.75, 3.05) is 13.2 Å². The minimum atomic E-state index is -0.701. The van der Waals surface area contributed by atoms with Crippen molar-refractivity contribution in [1.82, 2.24) is 5.32 Å². The number of carbonyl (C=O) groups is 1. The maximum atomic E-state index is 11.8. The van der Waals surface area contributed by atoms with E-state index in [2.05, 4.69) is 43.4 Å². The van der Waals surface area contributed by atoms with E-state index in [1.165, 1.54) is 47.1 Å². The van der Waals surface area contributed by atoms with Gasteiger partial charge in [0, 0.05) is 18.0 Å². The Morgan fingerprint density at radius 2 is 2.00 bits per heavy atom. The maximum absolute atomic E-state index is 11.8. The van der Waals surface area contributed by atoms with Gasteiger partial charge in [0.05, 0.1) is 24.7 Å². The quantitative estimate of drug-likeness (QED) is 0.496. The predicted octanol–water partition coefficient (Wildman–Crippen LogP) is 4.02. The van der Waals surface area contributed by atoms with E-state index in [4.69, 9.17) is 4.74 Å². The second-order valence-corrected chi connectivity index (χ2v) is 11.4.